The summed E-state index contributed by atoms with van der Waals surface area (Å²) in [6.07, 6.45) is 3.57. The predicted octanol–water partition coefficient (Wildman–Crippen LogP) is 1.30. The van der Waals surface area contributed by atoms with E-state index in [1.54, 1.807) is 0 Å². The predicted molar refractivity (Wildman–Crippen MR) is 67.7 cm³/mol. The van der Waals surface area contributed by atoms with Gasteiger partial charge in [0.05, 0.1) is 11.2 Å². The molecule has 1 heterocycles. The second-order valence-electron chi connectivity index (χ2n) is 5.38. The van der Waals surface area contributed by atoms with Crippen LogP contribution < -0.4 is 0 Å². The molecule has 3 unspecified atom stereocenters. The van der Waals surface area contributed by atoms with Gasteiger partial charge in [-0.05, 0) is 25.2 Å². The van der Waals surface area contributed by atoms with Gasteiger partial charge in [-0.2, -0.15) is 0 Å². The third-order valence-corrected chi connectivity index (χ3v) is 6.72. The second kappa shape index (κ2) is 5.17. The zero-order valence-electron chi connectivity index (χ0n) is 10.7. The molecule has 1 saturated carbocycles. The minimum atomic E-state index is -3.42. The zero-order chi connectivity index (χ0) is 13.3. The van der Waals surface area contributed by atoms with Gasteiger partial charge < -0.3 is 5.11 Å². The first kappa shape index (κ1) is 13.8. The number of hydrogen-bond acceptors (Lipinski definition) is 3. The normalized spacial score (nSPS) is 33.9. The lowest BCUT2D eigenvalue weighted by Crippen LogP contribution is -2.41. The molecule has 0 radical (unpaired) electrons. The molecule has 104 valence electrons. The average molecular weight is 275 g/mol. The number of sulfonamides is 1. The van der Waals surface area contributed by atoms with E-state index in [2.05, 4.69) is 6.92 Å². The van der Waals surface area contributed by atoms with E-state index in [1.165, 1.54) is 4.31 Å². The van der Waals surface area contributed by atoms with Crippen molar-refractivity contribution >= 4 is 16.0 Å². The summed E-state index contributed by atoms with van der Waals surface area (Å²) in [4.78, 5) is 11.1. The molecule has 5 nitrogen and oxygen atoms in total. The topological polar surface area (TPSA) is 74.7 Å². The number of carbonyl (C=O) groups is 1. The maximum Gasteiger partial charge on any atom is 0.307 e. The molecule has 1 aliphatic carbocycles. The van der Waals surface area contributed by atoms with Crippen LogP contribution in [0.2, 0.25) is 0 Å². The van der Waals surface area contributed by atoms with Crippen LogP contribution >= 0.6 is 0 Å². The Morgan fingerprint density at radius 2 is 2.06 bits per heavy atom. The molecule has 2 aliphatic rings. The summed E-state index contributed by atoms with van der Waals surface area (Å²) in [6, 6.07) is 0. The van der Waals surface area contributed by atoms with E-state index in [9.17, 15) is 13.2 Å². The fourth-order valence-corrected chi connectivity index (χ4v) is 5.41. The maximum absolute atomic E-state index is 12.5. The Kier molecular flexibility index (Phi) is 3.96. The van der Waals surface area contributed by atoms with Crippen LogP contribution in [0.15, 0.2) is 0 Å². The van der Waals surface area contributed by atoms with Gasteiger partial charge in [0.2, 0.25) is 10.0 Å². The Bertz CT molecular complexity index is 420. The van der Waals surface area contributed by atoms with Crippen molar-refractivity contribution in [3.63, 3.8) is 0 Å². The summed E-state index contributed by atoms with van der Waals surface area (Å²) in [5, 5.41) is 8.40. The van der Waals surface area contributed by atoms with Gasteiger partial charge >= 0.3 is 5.97 Å². The van der Waals surface area contributed by atoms with Crippen molar-refractivity contribution in [3.05, 3.63) is 0 Å². The highest BCUT2D eigenvalue weighted by Gasteiger charge is 2.45. The van der Waals surface area contributed by atoms with Gasteiger partial charge in [-0.15, -0.1) is 0 Å². The molecule has 2 rings (SSSR count). The van der Waals surface area contributed by atoms with E-state index >= 15 is 0 Å². The highest BCUT2D eigenvalue weighted by Crippen LogP contribution is 2.35. The zero-order valence-corrected chi connectivity index (χ0v) is 11.5. The molecular weight excluding hydrogens is 254 g/mol. The van der Waals surface area contributed by atoms with Crippen LogP contribution in [0.1, 0.15) is 39.0 Å². The average Bonchev–Trinajstić information content (AvgIpc) is 2.98. The number of hydrogen-bond donors (Lipinski definition) is 1. The largest absolute Gasteiger partial charge is 0.481 e. The minimum absolute atomic E-state index is 0.435. The molecule has 0 aromatic heterocycles. The Morgan fingerprint density at radius 3 is 2.61 bits per heavy atom. The Balaban J connectivity index is 2.14. The van der Waals surface area contributed by atoms with Crippen molar-refractivity contribution in [2.24, 2.45) is 11.8 Å². The van der Waals surface area contributed by atoms with Crippen molar-refractivity contribution in [1.82, 2.24) is 4.31 Å². The lowest BCUT2D eigenvalue weighted by molar-refractivity contribution is -0.141. The molecule has 2 fully saturated rings. The highest BCUT2D eigenvalue weighted by molar-refractivity contribution is 7.89. The molecule has 18 heavy (non-hydrogen) atoms. The summed E-state index contributed by atoms with van der Waals surface area (Å²) in [5.41, 5.74) is 0. The highest BCUT2D eigenvalue weighted by atomic mass is 32.2. The van der Waals surface area contributed by atoms with Crippen LogP contribution in [0.25, 0.3) is 0 Å². The summed E-state index contributed by atoms with van der Waals surface area (Å²) in [7, 11) is -3.42. The first-order chi connectivity index (χ1) is 8.46. The first-order valence-electron chi connectivity index (χ1n) is 6.68. The number of rotatable bonds is 4. The van der Waals surface area contributed by atoms with Gasteiger partial charge in [0.15, 0.2) is 0 Å². The third-order valence-electron chi connectivity index (χ3n) is 4.34. The van der Waals surface area contributed by atoms with Crippen molar-refractivity contribution in [1.29, 1.82) is 0 Å². The smallest absolute Gasteiger partial charge is 0.307 e. The molecule has 0 aromatic carbocycles. The van der Waals surface area contributed by atoms with Crippen LogP contribution in [0.3, 0.4) is 0 Å². The van der Waals surface area contributed by atoms with Crippen LogP contribution in [-0.2, 0) is 14.8 Å². The maximum atomic E-state index is 12.5. The second-order valence-corrected chi connectivity index (χ2v) is 7.53. The molecule has 0 bridgehead atoms. The standard InChI is InChI=1S/C12H21NO4S/c1-2-9-6-7-13(8-9)18(16,17)11-5-3-4-10(11)12(14)15/h9-11H,2-8H2,1H3,(H,14,15). The van der Waals surface area contributed by atoms with Gasteiger partial charge in [0.25, 0.3) is 0 Å². The van der Waals surface area contributed by atoms with Crippen molar-refractivity contribution in [2.45, 2.75) is 44.3 Å². The number of nitrogens with zero attached hydrogens (tertiary/aromatic N) is 1. The Hall–Kier alpha value is -0.620. The van der Waals surface area contributed by atoms with Crippen molar-refractivity contribution in [2.75, 3.05) is 13.1 Å². The molecule has 6 heteroatoms. The molecule has 0 spiro atoms. The third kappa shape index (κ3) is 2.40. The van der Waals surface area contributed by atoms with Crippen molar-refractivity contribution < 1.29 is 18.3 Å². The monoisotopic (exact) mass is 275 g/mol. The Labute approximate surface area is 108 Å². The lowest BCUT2D eigenvalue weighted by atomic mass is 10.1. The lowest BCUT2D eigenvalue weighted by Gasteiger charge is -2.23. The van der Waals surface area contributed by atoms with Crippen LogP contribution in [0.4, 0.5) is 0 Å². The van der Waals surface area contributed by atoms with Gasteiger partial charge in [-0.25, -0.2) is 12.7 Å². The van der Waals surface area contributed by atoms with E-state index in [1.807, 2.05) is 0 Å². The van der Waals surface area contributed by atoms with Crippen molar-refractivity contribution in [3.8, 4) is 0 Å². The summed E-state index contributed by atoms with van der Waals surface area (Å²) >= 11 is 0. The Morgan fingerprint density at radius 1 is 1.33 bits per heavy atom. The van der Waals surface area contributed by atoms with Crippen LogP contribution in [-0.4, -0.2) is 42.1 Å². The minimum Gasteiger partial charge on any atom is -0.481 e. The van der Waals surface area contributed by atoms with Gasteiger partial charge in [-0.3, -0.25) is 4.79 Å². The SMILES string of the molecule is CCC1CCN(S(=O)(=O)C2CCCC2C(=O)O)C1. The number of aliphatic carboxylic acids is 1. The first-order valence-corrected chi connectivity index (χ1v) is 8.19. The van der Waals surface area contributed by atoms with E-state index in [0.29, 0.717) is 38.3 Å². The van der Waals surface area contributed by atoms with E-state index in [4.69, 9.17) is 5.11 Å². The fourth-order valence-electron chi connectivity index (χ4n) is 3.12. The summed E-state index contributed by atoms with van der Waals surface area (Å²) < 4.78 is 26.5. The molecule has 1 aliphatic heterocycles. The molecule has 3 atom stereocenters. The quantitative estimate of drug-likeness (QED) is 0.839. The summed E-state index contributed by atoms with van der Waals surface area (Å²) in [6.45, 7) is 3.20. The molecule has 1 N–H and O–H groups in total. The van der Waals surface area contributed by atoms with E-state index < -0.39 is 27.2 Å². The molecular formula is C12H21NO4S. The van der Waals surface area contributed by atoms with Crippen LogP contribution in [0, 0.1) is 11.8 Å². The van der Waals surface area contributed by atoms with Gasteiger partial charge in [0, 0.05) is 13.1 Å². The number of carboxylic acids is 1. The van der Waals surface area contributed by atoms with Gasteiger partial charge in [-0.1, -0.05) is 19.8 Å². The molecule has 1 saturated heterocycles. The summed E-state index contributed by atoms with van der Waals surface area (Å²) in [5.74, 6) is -1.24. The van der Waals surface area contributed by atoms with Crippen LogP contribution in [0.5, 0.6) is 0 Å². The van der Waals surface area contributed by atoms with Gasteiger partial charge in [0.1, 0.15) is 0 Å². The van der Waals surface area contributed by atoms with E-state index in [0.717, 1.165) is 12.8 Å². The van der Waals surface area contributed by atoms with E-state index in [-0.39, 0.29) is 0 Å². The number of carboxylic acid groups (broad SMARTS) is 1. The molecule has 0 amide bonds. The molecule has 0 aromatic rings. The fraction of sp³-hybridized carbons (Fsp3) is 0.917.